The monoisotopic (exact) mass is 193 g/mol. The predicted molar refractivity (Wildman–Crippen MR) is 53.0 cm³/mol. The summed E-state index contributed by atoms with van der Waals surface area (Å²) in [5.41, 5.74) is 0.753. The summed E-state index contributed by atoms with van der Waals surface area (Å²) < 4.78 is 4.57. The first kappa shape index (κ1) is 10.2. The average Bonchev–Trinajstić information content (AvgIpc) is 2.26. The Hall–Kier alpha value is -1.91. The minimum absolute atomic E-state index is 0.210. The van der Waals surface area contributed by atoms with Crippen LogP contribution in [0.15, 0.2) is 12.9 Å². The number of nitrogens with zero attached hydrogens (tertiary/aromatic N) is 2. The Morgan fingerprint density at radius 3 is 2.86 bits per heavy atom. The first-order chi connectivity index (χ1) is 6.74. The van der Waals surface area contributed by atoms with Crippen LogP contribution in [0.4, 0.5) is 5.82 Å². The van der Waals surface area contributed by atoms with Gasteiger partial charge >= 0.3 is 5.97 Å². The molecule has 1 rings (SSSR count). The molecule has 14 heavy (non-hydrogen) atoms. The number of hydrogen-bond acceptors (Lipinski definition) is 5. The minimum Gasteiger partial charge on any atom is -0.464 e. The van der Waals surface area contributed by atoms with Gasteiger partial charge in [0.25, 0.3) is 0 Å². The molecule has 0 aliphatic heterocycles. The van der Waals surface area contributed by atoms with Crippen molar-refractivity contribution in [2.24, 2.45) is 0 Å². The molecule has 0 spiro atoms. The Bertz CT molecular complexity index is 363. The zero-order chi connectivity index (χ0) is 10.6. The first-order valence-electron chi connectivity index (χ1n) is 3.98. The first-order valence-corrected chi connectivity index (χ1v) is 3.98. The van der Waals surface area contributed by atoms with E-state index in [9.17, 15) is 4.79 Å². The number of methoxy groups -OCH3 is 1. The average molecular weight is 193 g/mol. The van der Waals surface area contributed by atoms with E-state index in [4.69, 9.17) is 0 Å². The summed E-state index contributed by atoms with van der Waals surface area (Å²) in [4.78, 5) is 19.0. The fraction of sp³-hybridized carbons (Fsp3) is 0.222. The van der Waals surface area contributed by atoms with Gasteiger partial charge in [0.2, 0.25) is 0 Å². The summed E-state index contributed by atoms with van der Waals surface area (Å²) >= 11 is 0. The van der Waals surface area contributed by atoms with Crippen molar-refractivity contribution in [3.05, 3.63) is 24.2 Å². The molecule has 0 aliphatic carbocycles. The molecule has 0 bridgehead atoms. The zero-order valence-electron chi connectivity index (χ0n) is 8.07. The molecule has 0 radical (unpaired) electrons. The topological polar surface area (TPSA) is 64.1 Å². The fourth-order valence-electron chi connectivity index (χ4n) is 1.05. The molecule has 1 aromatic heterocycles. The van der Waals surface area contributed by atoms with Crippen LogP contribution in [0.25, 0.3) is 6.08 Å². The van der Waals surface area contributed by atoms with E-state index in [2.05, 4.69) is 26.6 Å². The molecule has 0 saturated heterocycles. The number of esters is 1. The molecule has 74 valence electrons. The van der Waals surface area contributed by atoms with Gasteiger partial charge < -0.3 is 10.1 Å². The zero-order valence-corrected chi connectivity index (χ0v) is 8.07. The molecule has 0 amide bonds. The lowest BCUT2D eigenvalue weighted by atomic mass is 10.2. The quantitative estimate of drug-likeness (QED) is 0.724. The van der Waals surface area contributed by atoms with Gasteiger partial charge in [0.1, 0.15) is 12.1 Å². The molecule has 0 fully saturated rings. The predicted octanol–water partition coefficient (Wildman–Crippen LogP) is 0.948. The van der Waals surface area contributed by atoms with Gasteiger partial charge in [-0.1, -0.05) is 12.7 Å². The van der Waals surface area contributed by atoms with Crippen molar-refractivity contribution in [2.45, 2.75) is 0 Å². The number of rotatable bonds is 3. The highest BCUT2D eigenvalue weighted by Gasteiger charge is 2.14. The van der Waals surface area contributed by atoms with Crippen LogP contribution < -0.4 is 5.32 Å². The van der Waals surface area contributed by atoms with Crippen LogP contribution >= 0.6 is 0 Å². The van der Waals surface area contributed by atoms with Crippen LogP contribution in [0, 0.1) is 0 Å². The standard InChI is InChI=1S/C9H11N3O2/c1-4-6-7(9(13)14-3)11-5-12-8(6)10-2/h4-5H,1H2,2-3H3,(H,10,11,12). The van der Waals surface area contributed by atoms with Gasteiger partial charge in [0, 0.05) is 12.6 Å². The molecule has 5 nitrogen and oxygen atoms in total. The number of carbonyl (C=O) groups is 1. The lowest BCUT2D eigenvalue weighted by molar-refractivity contribution is 0.0593. The van der Waals surface area contributed by atoms with E-state index in [-0.39, 0.29) is 5.69 Å². The van der Waals surface area contributed by atoms with E-state index in [1.54, 1.807) is 7.05 Å². The lowest BCUT2D eigenvalue weighted by Crippen LogP contribution is -2.09. The van der Waals surface area contributed by atoms with Crippen LogP contribution in [0.3, 0.4) is 0 Å². The van der Waals surface area contributed by atoms with E-state index in [1.807, 2.05) is 0 Å². The summed E-state index contributed by atoms with van der Waals surface area (Å²) in [5, 5.41) is 2.84. The second-order valence-corrected chi connectivity index (χ2v) is 2.43. The molecule has 1 aromatic rings. The Morgan fingerprint density at radius 2 is 2.36 bits per heavy atom. The van der Waals surface area contributed by atoms with Gasteiger partial charge in [-0.25, -0.2) is 14.8 Å². The summed E-state index contributed by atoms with van der Waals surface area (Å²) in [6.07, 6.45) is 2.81. The number of aromatic nitrogens is 2. The van der Waals surface area contributed by atoms with Crippen molar-refractivity contribution in [2.75, 3.05) is 19.5 Å². The fourth-order valence-corrected chi connectivity index (χ4v) is 1.05. The van der Waals surface area contributed by atoms with Crippen molar-refractivity contribution in [3.8, 4) is 0 Å². The van der Waals surface area contributed by atoms with Crippen LogP contribution in [0.1, 0.15) is 16.1 Å². The van der Waals surface area contributed by atoms with Crippen molar-refractivity contribution >= 4 is 17.9 Å². The number of anilines is 1. The lowest BCUT2D eigenvalue weighted by Gasteiger charge is -2.06. The maximum Gasteiger partial charge on any atom is 0.357 e. The van der Waals surface area contributed by atoms with Crippen molar-refractivity contribution in [3.63, 3.8) is 0 Å². The van der Waals surface area contributed by atoms with Crippen molar-refractivity contribution in [1.29, 1.82) is 0 Å². The molecule has 5 heteroatoms. The van der Waals surface area contributed by atoms with Gasteiger partial charge in [-0.05, 0) is 0 Å². The molecule has 0 aromatic carbocycles. The van der Waals surface area contributed by atoms with E-state index in [1.165, 1.54) is 19.5 Å². The Kier molecular flexibility index (Phi) is 3.17. The molecular weight excluding hydrogens is 182 g/mol. The van der Waals surface area contributed by atoms with Crippen molar-refractivity contribution in [1.82, 2.24) is 9.97 Å². The van der Waals surface area contributed by atoms with E-state index >= 15 is 0 Å². The summed E-state index contributed by atoms with van der Waals surface area (Å²) in [5.74, 6) is 0.0502. The van der Waals surface area contributed by atoms with Gasteiger partial charge in [0.05, 0.1) is 7.11 Å². The summed E-state index contributed by atoms with van der Waals surface area (Å²) in [6.45, 7) is 3.59. The third-order valence-electron chi connectivity index (χ3n) is 1.70. The Morgan fingerprint density at radius 1 is 1.64 bits per heavy atom. The summed E-state index contributed by atoms with van der Waals surface area (Å²) in [6, 6.07) is 0. The third kappa shape index (κ3) is 1.71. The second-order valence-electron chi connectivity index (χ2n) is 2.43. The third-order valence-corrected chi connectivity index (χ3v) is 1.70. The highest BCUT2D eigenvalue weighted by Crippen LogP contribution is 2.16. The highest BCUT2D eigenvalue weighted by atomic mass is 16.5. The molecule has 1 heterocycles. The molecular formula is C9H11N3O2. The summed E-state index contributed by atoms with van der Waals surface area (Å²) in [7, 11) is 3.01. The number of ether oxygens (including phenoxy) is 1. The Balaban J connectivity index is 3.28. The van der Waals surface area contributed by atoms with Gasteiger partial charge in [-0.2, -0.15) is 0 Å². The number of hydrogen-bond donors (Lipinski definition) is 1. The Labute approximate surface area is 81.8 Å². The molecule has 0 unspecified atom stereocenters. The molecule has 1 N–H and O–H groups in total. The normalized spacial score (nSPS) is 9.29. The maximum atomic E-state index is 11.3. The second kappa shape index (κ2) is 4.36. The minimum atomic E-state index is -0.501. The van der Waals surface area contributed by atoms with Crippen molar-refractivity contribution < 1.29 is 9.53 Å². The SMILES string of the molecule is C=Cc1c(NC)ncnc1C(=O)OC. The largest absolute Gasteiger partial charge is 0.464 e. The highest BCUT2D eigenvalue weighted by molar-refractivity contribution is 5.93. The van der Waals surface area contributed by atoms with Gasteiger partial charge in [0.15, 0.2) is 5.69 Å². The van der Waals surface area contributed by atoms with Crippen LogP contribution in [0.2, 0.25) is 0 Å². The molecule has 0 aliphatic rings. The number of carbonyl (C=O) groups excluding carboxylic acids is 1. The van der Waals surface area contributed by atoms with E-state index in [0.29, 0.717) is 11.4 Å². The van der Waals surface area contributed by atoms with Gasteiger partial charge in [-0.15, -0.1) is 0 Å². The smallest absolute Gasteiger partial charge is 0.357 e. The van der Waals surface area contributed by atoms with Crippen LogP contribution in [-0.2, 0) is 4.74 Å². The van der Waals surface area contributed by atoms with Crippen LogP contribution in [0.5, 0.6) is 0 Å². The molecule has 0 saturated carbocycles. The number of nitrogens with one attached hydrogen (secondary N) is 1. The molecule has 0 atom stereocenters. The van der Waals surface area contributed by atoms with E-state index in [0.717, 1.165) is 0 Å². The van der Waals surface area contributed by atoms with E-state index < -0.39 is 5.97 Å². The maximum absolute atomic E-state index is 11.3. The van der Waals surface area contributed by atoms with Crippen LogP contribution in [-0.4, -0.2) is 30.1 Å². The van der Waals surface area contributed by atoms with Gasteiger partial charge in [-0.3, -0.25) is 0 Å².